The molecule has 1 amide bonds. The van der Waals surface area contributed by atoms with Gasteiger partial charge in [-0.15, -0.1) is 0 Å². The molecule has 2 aromatic carbocycles. The van der Waals surface area contributed by atoms with Gasteiger partial charge in [-0.1, -0.05) is 41.9 Å². The van der Waals surface area contributed by atoms with Crippen molar-refractivity contribution in [2.75, 3.05) is 6.54 Å². The molecule has 0 spiro atoms. The van der Waals surface area contributed by atoms with Gasteiger partial charge in [0.2, 0.25) is 0 Å². The number of nitrogens with zero attached hydrogens (tertiary/aromatic N) is 3. The van der Waals surface area contributed by atoms with Crippen molar-refractivity contribution < 1.29 is 4.79 Å². The highest BCUT2D eigenvalue weighted by molar-refractivity contribution is 6.30. The molecule has 0 bridgehead atoms. The summed E-state index contributed by atoms with van der Waals surface area (Å²) < 4.78 is 1.85. The van der Waals surface area contributed by atoms with Gasteiger partial charge in [-0.3, -0.25) is 4.79 Å². The lowest BCUT2D eigenvalue weighted by Crippen LogP contribution is -2.44. The Morgan fingerprint density at radius 3 is 2.88 bits per heavy atom. The summed E-state index contributed by atoms with van der Waals surface area (Å²) in [6, 6.07) is 16.1. The summed E-state index contributed by atoms with van der Waals surface area (Å²) in [4.78, 5) is 15.0. The van der Waals surface area contributed by atoms with E-state index in [4.69, 9.17) is 11.6 Å². The number of rotatable bonds is 1. The summed E-state index contributed by atoms with van der Waals surface area (Å²) in [5.41, 5.74) is 5.15. The SMILES string of the molecule is O=C1c2cnn(-c3cccc(Cl)c3)c2C[C@@H]2c3ccccc3CCN12. The Hall–Kier alpha value is -2.59. The number of carbonyl (C=O) groups is 1. The molecule has 0 fully saturated rings. The molecule has 124 valence electrons. The molecule has 0 saturated heterocycles. The molecule has 0 radical (unpaired) electrons. The highest BCUT2D eigenvalue weighted by atomic mass is 35.5. The van der Waals surface area contributed by atoms with Crippen LogP contribution in [-0.4, -0.2) is 27.1 Å². The van der Waals surface area contributed by atoms with Crippen LogP contribution in [-0.2, 0) is 12.8 Å². The van der Waals surface area contributed by atoms with Crippen LogP contribution in [0.3, 0.4) is 0 Å². The third kappa shape index (κ3) is 2.21. The summed E-state index contributed by atoms with van der Waals surface area (Å²) in [7, 11) is 0. The molecule has 25 heavy (non-hydrogen) atoms. The quantitative estimate of drug-likeness (QED) is 0.669. The van der Waals surface area contributed by atoms with Crippen molar-refractivity contribution >= 4 is 17.5 Å². The Kier molecular flexibility index (Phi) is 3.22. The number of fused-ring (bicyclic) bond motifs is 4. The smallest absolute Gasteiger partial charge is 0.257 e. The van der Waals surface area contributed by atoms with Crippen molar-refractivity contribution in [3.8, 4) is 5.69 Å². The number of hydrogen-bond acceptors (Lipinski definition) is 2. The van der Waals surface area contributed by atoms with Crippen molar-refractivity contribution in [1.82, 2.24) is 14.7 Å². The molecule has 2 aliphatic heterocycles. The predicted octanol–water partition coefficient (Wildman–Crippen LogP) is 3.82. The molecule has 3 heterocycles. The normalized spacial score (nSPS) is 18.5. The average molecular weight is 350 g/mol. The molecule has 5 rings (SSSR count). The molecule has 0 unspecified atom stereocenters. The van der Waals surface area contributed by atoms with Crippen LogP contribution in [0.5, 0.6) is 0 Å². The molecule has 3 aromatic rings. The minimum atomic E-state index is 0.0778. The number of amides is 1. The zero-order valence-corrected chi connectivity index (χ0v) is 14.3. The van der Waals surface area contributed by atoms with Gasteiger partial charge in [0.1, 0.15) is 0 Å². The number of aromatic nitrogens is 2. The molecular formula is C20H16ClN3O. The Morgan fingerprint density at radius 2 is 2.00 bits per heavy atom. The average Bonchev–Trinajstić information content (AvgIpc) is 3.06. The van der Waals surface area contributed by atoms with Crippen LogP contribution in [0, 0.1) is 0 Å². The van der Waals surface area contributed by atoms with Crippen molar-refractivity contribution in [3.63, 3.8) is 0 Å². The zero-order valence-electron chi connectivity index (χ0n) is 13.5. The third-order valence-corrected chi connectivity index (χ3v) is 5.45. The maximum absolute atomic E-state index is 13.0. The fraction of sp³-hybridized carbons (Fsp3) is 0.200. The second-order valence-corrected chi connectivity index (χ2v) is 7.00. The topological polar surface area (TPSA) is 38.1 Å². The van der Waals surface area contributed by atoms with Gasteiger partial charge in [0, 0.05) is 18.0 Å². The molecule has 1 aromatic heterocycles. The fourth-order valence-corrected chi connectivity index (χ4v) is 4.22. The van der Waals surface area contributed by atoms with E-state index in [2.05, 4.69) is 29.4 Å². The second kappa shape index (κ2) is 5.46. The van der Waals surface area contributed by atoms with E-state index in [1.165, 1.54) is 11.1 Å². The Labute approximate surface area is 150 Å². The van der Waals surface area contributed by atoms with Gasteiger partial charge in [0.05, 0.1) is 29.2 Å². The van der Waals surface area contributed by atoms with Crippen LogP contribution in [0.4, 0.5) is 0 Å². The van der Waals surface area contributed by atoms with Gasteiger partial charge in [-0.25, -0.2) is 4.68 Å². The first kappa shape index (κ1) is 14.7. The summed E-state index contributed by atoms with van der Waals surface area (Å²) in [6.45, 7) is 0.766. The molecule has 2 aliphatic rings. The first-order valence-electron chi connectivity index (χ1n) is 8.44. The van der Waals surface area contributed by atoms with Crippen molar-refractivity contribution in [1.29, 1.82) is 0 Å². The fourth-order valence-electron chi connectivity index (χ4n) is 4.03. The van der Waals surface area contributed by atoms with Crippen LogP contribution < -0.4 is 0 Å². The van der Waals surface area contributed by atoms with Crippen LogP contribution >= 0.6 is 11.6 Å². The van der Waals surface area contributed by atoms with Gasteiger partial charge >= 0.3 is 0 Å². The monoisotopic (exact) mass is 349 g/mol. The summed E-state index contributed by atoms with van der Waals surface area (Å²) in [5, 5.41) is 5.14. The first-order valence-corrected chi connectivity index (χ1v) is 8.82. The lowest BCUT2D eigenvalue weighted by molar-refractivity contribution is 0.0629. The van der Waals surface area contributed by atoms with E-state index >= 15 is 0 Å². The van der Waals surface area contributed by atoms with Crippen molar-refractivity contribution in [3.05, 3.63) is 82.1 Å². The second-order valence-electron chi connectivity index (χ2n) is 6.56. The molecular weight excluding hydrogens is 334 g/mol. The van der Waals surface area contributed by atoms with E-state index in [0.29, 0.717) is 10.6 Å². The maximum atomic E-state index is 13.0. The Bertz CT molecular complexity index is 994. The largest absolute Gasteiger partial charge is 0.331 e. The molecule has 0 N–H and O–H groups in total. The maximum Gasteiger partial charge on any atom is 0.257 e. The highest BCUT2D eigenvalue weighted by Crippen LogP contribution is 2.38. The van der Waals surface area contributed by atoms with E-state index in [-0.39, 0.29) is 11.9 Å². The van der Waals surface area contributed by atoms with Crippen molar-refractivity contribution in [2.24, 2.45) is 0 Å². The van der Waals surface area contributed by atoms with Gasteiger partial charge in [0.25, 0.3) is 5.91 Å². The number of carbonyl (C=O) groups excluding carboxylic acids is 1. The first-order chi connectivity index (χ1) is 12.2. The van der Waals surface area contributed by atoms with E-state index < -0.39 is 0 Å². The van der Waals surface area contributed by atoms with E-state index in [0.717, 1.165) is 30.8 Å². The Balaban J connectivity index is 1.64. The van der Waals surface area contributed by atoms with Crippen LogP contribution in [0.15, 0.2) is 54.7 Å². The van der Waals surface area contributed by atoms with E-state index in [1.807, 2.05) is 33.8 Å². The Morgan fingerprint density at radius 1 is 1.12 bits per heavy atom. The van der Waals surface area contributed by atoms with Crippen LogP contribution in [0.25, 0.3) is 5.69 Å². The van der Waals surface area contributed by atoms with E-state index in [9.17, 15) is 4.79 Å². The number of halogens is 1. The zero-order chi connectivity index (χ0) is 17.0. The van der Waals surface area contributed by atoms with Gasteiger partial charge in [0.15, 0.2) is 0 Å². The minimum Gasteiger partial charge on any atom is -0.331 e. The number of benzene rings is 2. The third-order valence-electron chi connectivity index (χ3n) is 5.21. The summed E-state index contributed by atoms with van der Waals surface area (Å²) >= 11 is 6.13. The lowest BCUT2D eigenvalue weighted by atomic mass is 9.86. The van der Waals surface area contributed by atoms with Gasteiger partial charge in [-0.2, -0.15) is 5.10 Å². The summed E-state index contributed by atoms with van der Waals surface area (Å²) in [5.74, 6) is 0.0778. The van der Waals surface area contributed by atoms with Gasteiger partial charge in [-0.05, 0) is 35.7 Å². The molecule has 5 heteroatoms. The minimum absolute atomic E-state index is 0.0778. The number of hydrogen-bond donors (Lipinski definition) is 0. The predicted molar refractivity (Wildman–Crippen MR) is 96.2 cm³/mol. The molecule has 1 atom stereocenters. The summed E-state index contributed by atoms with van der Waals surface area (Å²) in [6.07, 6.45) is 3.37. The van der Waals surface area contributed by atoms with Crippen LogP contribution in [0.2, 0.25) is 5.02 Å². The highest BCUT2D eigenvalue weighted by Gasteiger charge is 2.38. The molecule has 0 saturated carbocycles. The lowest BCUT2D eigenvalue weighted by Gasteiger charge is -2.40. The molecule has 0 aliphatic carbocycles. The van der Waals surface area contributed by atoms with E-state index in [1.54, 1.807) is 6.20 Å². The van der Waals surface area contributed by atoms with Crippen LogP contribution in [0.1, 0.15) is 33.2 Å². The standard InChI is InChI=1S/C20H16ClN3O/c21-14-5-3-6-15(10-14)24-19-11-18-16-7-2-1-4-13(16)8-9-23(18)20(25)17(19)12-22-24/h1-7,10,12,18H,8-9,11H2/t18-/m1/s1. The van der Waals surface area contributed by atoms with Crippen molar-refractivity contribution in [2.45, 2.75) is 18.9 Å². The van der Waals surface area contributed by atoms with Gasteiger partial charge < -0.3 is 4.90 Å². The molecule has 4 nitrogen and oxygen atoms in total.